The van der Waals surface area contributed by atoms with Crippen LogP contribution in [-0.2, 0) is 9.84 Å². The number of nitro groups is 1. The first-order chi connectivity index (χ1) is 9.82. The Morgan fingerprint density at radius 2 is 2.04 bits per heavy atom. The van der Waals surface area contributed by atoms with Crippen molar-refractivity contribution in [2.24, 2.45) is 11.7 Å². The number of halogens is 2. The standard InChI is InChI=1S/C13H19N3O4S.2ClH/c1-21(19,20)13-5-4-11(16(17)18)7-12(13)15-6-2-3-10(8-14)9-15;;/h4-5,7,10H,2-3,6,8-9,14H2,1H3;2*1H/t10-;;/m1../s1. The van der Waals surface area contributed by atoms with E-state index in [1.54, 1.807) is 0 Å². The molecule has 2 N–H and O–H groups in total. The minimum atomic E-state index is -3.44. The fourth-order valence-electron chi connectivity index (χ4n) is 2.66. The fourth-order valence-corrected chi connectivity index (χ4v) is 3.54. The van der Waals surface area contributed by atoms with Crippen LogP contribution in [0.4, 0.5) is 11.4 Å². The Balaban J connectivity index is 0.00000242. The number of anilines is 1. The summed E-state index contributed by atoms with van der Waals surface area (Å²) >= 11 is 0. The Bertz CT molecular complexity index is 655. The molecule has 1 aromatic rings. The van der Waals surface area contributed by atoms with Crippen molar-refractivity contribution in [3.63, 3.8) is 0 Å². The molecule has 10 heteroatoms. The first-order valence-electron chi connectivity index (χ1n) is 6.76. The lowest BCUT2D eigenvalue weighted by molar-refractivity contribution is -0.384. The van der Waals surface area contributed by atoms with Crippen molar-refractivity contribution in [3.8, 4) is 0 Å². The minimum absolute atomic E-state index is 0. The lowest BCUT2D eigenvalue weighted by Crippen LogP contribution is -2.39. The molecule has 1 heterocycles. The van der Waals surface area contributed by atoms with E-state index in [-0.39, 0.29) is 41.3 Å². The maximum Gasteiger partial charge on any atom is 0.271 e. The molecule has 0 bridgehead atoms. The first-order valence-corrected chi connectivity index (χ1v) is 8.65. The van der Waals surface area contributed by atoms with E-state index in [0.29, 0.717) is 25.3 Å². The molecule has 0 aromatic heterocycles. The van der Waals surface area contributed by atoms with E-state index in [9.17, 15) is 18.5 Å². The summed E-state index contributed by atoms with van der Waals surface area (Å²) in [5.74, 6) is 0.283. The van der Waals surface area contributed by atoms with E-state index in [1.165, 1.54) is 18.2 Å². The van der Waals surface area contributed by atoms with Crippen molar-refractivity contribution in [2.45, 2.75) is 17.7 Å². The highest BCUT2D eigenvalue weighted by Crippen LogP contribution is 2.32. The molecule has 7 nitrogen and oxygen atoms in total. The van der Waals surface area contributed by atoms with Gasteiger partial charge in [0.05, 0.1) is 15.5 Å². The molecular formula is C13H21Cl2N3O4S. The average Bonchev–Trinajstić information content (AvgIpc) is 2.45. The fraction of sp³-hybridized carbons (Fsp3) is 0.538. The van der Waals surface area contributed by atoms with E-state index in [4.69, 9.17) is 5.73 Å². The number of hydrogen-bond donors (Lipinski definition) is 1. The highest BCUT2D eigenvalue weighted by molar-refractivity contribution is 7.90. The minimum Gasteiger partial charge on any atom is -0.370 e. The normalized spacial score (nSPS) is 17.8. The first kappa shape index (κ1) is 21.9. The molecule has 1 atom stereocenters. The Hall–Kier alpha value is -1.09. The molecule has 0 spiro atoms. The molecule has 0 unspecified atom stereocenters. The van der Waals surface area contributed by atoms with Gasteiger partial charge in [0.1, 0.15) is 0 Å². The molecule has 132 valence electrons. The highest BCUT2D eigenvalue weighted by atomic mass is 35.5. The van der Waals surface area contributed by atoms with Crippen LogP contribution in [0.2, 0.25) is 0 Å². The Morgan fingerprint density at radius 1 is 1.39 bits per heavy atom. The highest BCUT2D eigenvalue weighted by Gasteiger charge is 2.25. The van der Waals surface area contributed by atoms with Crippen molar-refractivity contribution < 1.29 is 13.3 Å². The number of nitrogens with two attached hydrogens (primary N) is 1. The van der Waals surface area contributed by atoms with Crippen LogP contribution >= 0.6 is 24.8 Å². The molecule has 2 rings (SSSR count). The zero-order chi connectivity index (χ0) is 15.6. The molecular weight excluding hydrogens is 365 g/mol. The van der Waals surface area contributed by atoms with Gasteiger partial charge in [-0.25, -0.2) is 8.42 Å². The Kier molecular flexibility index (Phi) is 8.26. The van der Waals surface area contributed by atoms with Gasteiger partial charge in [0.2, 0.25) is 0 Å². The van der Waals surface area contributed by atoms with Gasteiger partial charge in [-0.1, -0.05) is 0 Å². The maximum atomic E-state index is 11.9. The predicted molar refractivity (Wildman–Crippen MR) is 94.7 cm³/mol. The second-order valence-electron chi connectivity index (χ2n) is 5.37. The van der Waals surface area contributed by atoms with Crippen LogP contribution in [0.1, 0.15) is 12.8 Å². The molecule has 1 aliphatic heterocycles. The van der Waals surface area contributed by atoms with Crippen LogP contribution < -0.4 is 10.6 Å². The third-order valence-corrected chi connectivity index (χ3v) is 4.89. The smallest absolute Gasteiger partial charge is 0.271 e. The van der Waals surface area contributed by atoms with Gasteiger partial charge in [-0.2, -0.15) is 0 Å². The van der Waals surface area contributed by atoms with Gasteiger partial charge >= 0.3 is 0 Å². The van der Waals surface area contributed by atoms with Gasteiger partial charge in [0.15, 0.2) is 9.84 Å². The van der Waals surface area contributed by atoms with Crippen LogP contribution in [0.15, 0.2) is 23.1 Å². The second-order valence-corrected chi connectivity index (χ2v) is 7.36. The second kappa shape index (κ2) is 8.68. The molecule has 0 aliphatic carbocycles. The van der Waals surface area contributed by atoms with E-state index in [2.05, 4.69) is 0 Å². The summed E-state index contributed by atoms with van der Waals surface area (Å²) < 4.78 is 23.8. The van der Waals surface area contributed by atoms with E-state index in [1.807, 2.05) is 4.90 Å². The number of benzene rings is 1. The molecule has 1 fully saturated rings. The third-order valence-electron chi connectivity index (χ3n) is 3.75. The molecule has 0 amide bonds. The number of sulfone groups is 1. The zero-order valence-electron chi connectivity index (χ0n) is 12.7. The number of piperidine rings is 1. The molecule has 23 heavy (non-hydrogen) atoms. The number of nitro benzene ring substituents is 1. The average molecular weight is 386 g/mol. The topological polar surface area (TPSA) is 107 Å². The number of hydrogen-bond acceptors (Lipinski definition) is 6. The quantitative estimate of drug-likeness (QED) is 0.627. The molecule has 0 radical (unpaired) electrons. The van der Waals surface area contributed by atoms with Gasteiger partial charge in [0.25, 0.3) is 5.69 Å². The lowest BCUT2D eigenvalue weighted by Gasteiger charge is -2.34. The summed E-state index contributed by atoms with van der Waals surface area (Å²) in [6.45, 7) is 1.83. The van der Waals surface area contributed by atoms with Crippen molar-refractivity contribution in [2.75, 3.05) is 30.8 Å². The summed E-state index contributed by atoms with van der Waals surface area (Å²) in [5, 5.41) is 10.9. The largest absolute Gasteiger partial charge is 0.370 e. The van der Waals surface area contributed by atoms with E-state index in [0.717, 1.165) is 19.1 Å². The van der Waals surface area contributed by atoms with Crippen molar-refractivity contribution in [3.05, 3.63) is 28.3 Å². The number of rotatable bonds is 4. The van der Waals surface area contributed by atoms with E-state index < -0.39 is 14.8 Å². The molecule has 0 saturated carbocycles. The molecule has 1 aromatic carbocycles. The molecule has 1 saturated heterocycles. The predicted octanol–water partition coefficient (Wildman–Crippen LogP) is 2.02. The van der Waals surface area contributed by atoms with Gasteiger partial charge in [-0.3, -0.25) is 10.1 Å². The third kappa shape index (κ3) is 5.20. The lowest BCUT2D eigenvalue weighted by atomic mass is 9.98. The van der Waals surface area contributed by atoms with Crippen LogP contribution in [-0.4, -0.2) is 39.2 Å². The Morgan fingerprint density at radius 3 is 2.57 bits per heavy atom. The molecule has 1 aliphatic rings. The van der Waals surface area contributed by atoms with Gasteiger partial charge in [-0.05, 0) is 31.4 Å². The van der Waals surface area contributed by atoms with Gasteiger partial charge < -0.3 is 10.6 Å². The van der Waals surface area contributed by atoms with Crippen molar-refractivity contribution in [1.82, 2.24) is 0 Å². The number of non-ortho nitro benzene ring substituents is 1. The summed E-state index contributed by atoms with van der Waals surface area (Å²) in [5.41, 5.74) is 6.00. The van der Waals surface area contributed by atoms with Crippen LogP contribution in [0.25, 0.3) is 0 Å². The SMILES string of the molecule is CS(=O)(=O)c1ccc([N+](=O)[O-])cc1N1CCC[C@H](CN)C1.Cl.Cl. The van der Waals surface area contributed by atoms with Crippen LogP contribution in [0.3, 0.4) is 0 Å². The Labute approximate surface area is 148 Å². The van der Waals surface area contributed by atoms with Crippen molar-refractivity contribution >= 4 is 46.0 Å². The zero-order valence-corrected chi connectivity index (χ0v) is 15.1. The monoisotopic (exact) mass is 385 g/mol. The van der Waals surface area contributed by atoms with E-state index >= 15 is 0 Å². The maximum absolute atomic E-state index is 11.9. The number of nitrogens with zero attached hydrogens (tertiary/aromatic N) is 2. The summed E-state index contributed by atoms with van der Waals surface area (Å²) in [7, 11) is -3.44. The van der Waals surface area contributed by atoms with Crippen LogP contribution in [0.5, 0.6) is 0 Å². The van der Waals surface area contributed by atoms with Crippen LogP contribution in [0, 0.1) is 16.0 Å². The summed E-state index contributed by atoms with van der Waals surface area (Å²) in [6, 6.07) is 3.88. The van der Waals surface area contributed by atoms with Gasteiger partial charge in [0, 0.05) is 31.5 Å². The van der Waals surface area contributed by atoms with Gasteiger partial charge in [-0.15, -0.1) is 24.8 Å². The summed E-state index contributed by atoms with van der Waals surface area (Å²) in [4.78, 5) is 12.4. The van der Waals surface area contributed by atoms with Crippen molar-refractivity contribution in [1.29, 1.82) is 0 Å². The summed E-state index contributed by atoms with van der Waals surface area (Å²) in [6.07, 6.45) is 3.01.